The van der Waals surface area contributed by atoms with Gasteiger partial charge in [0.25, 0.3) is 5.91 Å². The van der Waals surface area contributed by atoms with E-state index in [0.29, 0.717) is 18.1 Å². The molecule has 2 aliphatic heterocycles. The lowest BCUT2D eigenvalue weighted by molar-refractivity contribution is 0.0681. The molecule has 2 heterocycles. The van der Waals surface area contributed by atoms with Crippen molar-refractivity contribution in [3.05, 3.63) is 59.2 Å². The van der Waals surface area contributed by atoms with Crippen LogP contribution in [0.5, 0.6) is 0 Å². The number of hydrogen-bond acceptors (Lipinski definition) is 2. The first kappa shape index (κ1) is 17.6. The Labute approximate surface area is 161 Å². The second-order valence-electron chi connectivity index (χ2n) is 7.88. The molecule has 1 amide bonds. The molecule has 3 aliphatic rings. The van der Waals surface area contributed by atoms with Crippen LogP contribution in [0.1, 0.15) is 47.2 Å². The normalized spacial score (nSPS) is 25.2. The van der Waals surface area contributed by atoms with Gasteiger partial charge in [-0.1, -0.05) is 30.3 Å². The zero-order chi connectivity index (χ0) is 17.0. The van der Waals surface area contributed by atoms with Crippen LogP contribution in [-0.4, -0.2) is 36.0 Å². The minimum Gasteiger partial charge on any atom is -0.339 e. The lowest BCUT2D eigenvalue weighted by Crippen LogP contribution is -2.48. The number of carbonyl (C=O) groups is 1. The van der Waals surface area contributed by atoms with Crippen LogP contribution in [0.4, 0.5) is 0 Å². The van der Waals surface area contributed by atoms with Crippen molar-refractivity contribution in [2.75, 3.05) is 7.05 Å². The first-order valence-electron chi connectivity index (χ1n) is 9.43. The number of fused-ring (bicyclic) bond motifs is 5. The van der Waals surface area contributed by atoms with Gasteiger partial charge in [0.15, 0.2) is 0 Å². The highest BCUT2D eigenvalue weighted by Crippen LogP contribution is 2.37. The summed E-state index contributed by atoms with van der Waals surface area (Å²) in [5.41, 5.74) is 6.09. The van der Waals surface area contributed by atoms with E-state index in [4.69, 9.17) is 0 Å². The van der Waals surface area contributed by atoms with Gasteiger partial charge in [-0.2, -0.15) is 0 Å². The highest BCUT2D eigenvalue weighted by molar-refractivity contribution is 5.95. The molecule has 0 saturated carbocycles. The Balaban J connectivity index is 0.00000168. The molecule has 26 heavy (non-hydrogen) atoms. The minimum atomic E-state index is 0. The number of nitrogens with one attached hydrogen (secondary N) is 1. The van der Waals surface area contributed by atoms with Crippen LogP contribution in [0.15, 0.2) is 42.5 Å². The third-order valence-corrected chi connectivity index (χ3v) is 6.36. The second-order valence-corrected chi connectivity index (χ2v) is 7.88. The minimum absolute atomic E-state index is 0. The van der Waals surface area contributed by atoms with Crippen LogP contribution >= 0.6 is 12.4 Å². The lowest BCUT2D eigenvalue weighted by atomic mass is 9.97. The van der Waals surface area contributed by atoms with Crippen molar-refractivity contribution >= 4 is 18.3 Å². The molecule has 2 fully saturated rings. The first-order valence-corrected chi connectivity index (χ1v) is 9.43. The molecule has 5 rings (SSSR count). The van der Waals surface area contributed by atoms with E-state index in [2.05, 4.69) is 41.7 Å². The predicted molar refractivity (Wildman–Crippen MR) is 107 cm³/mol. The number of carbonyl (C=O) groups excluding carboxylic acids is 1. The first-order chi connectivity index (χ1) is 12.2. The van der Waals surface area contributed by atoms with E-state index in [1.807, 2.05) is 18.0 Å². The summed E-state index contributed by atoms with van der Waals surface area (Å²) in [6.45, 7) is 0. The van der Waals surface area contributed by atoms with Gasteiger partial charge >= 0.3 is 0 Å². The number of hydrogen-bond donors (Lipinski definition) is 1. The van der Waals surface area contributed by atoms with Gasteiger partial charge in [-0.15, -0.1) is 12.4 Å². The summed E-state index contributed by atoms with van der Waals surface area (Å²) in [5.74, 6) is 0.171. The summed E-state index contributed by atoms with van der Waals surface area (Å²) in [6, 6.07) is 16.4. The number of rotatable bonds is 2. The summed E-state index contributed by atoms with van der Waals surface area (Å²) >= 11 is 0. The zero-order valence-electron chi connectivity index (χ0n) is 15.1. The molecule has 0 aromatic heterocycles. The molecule has 1 N–H and O–H groups in total. The highest BCUT2D eigenvalue weighted by Gasteiger charge is 2.36. The van der Waals surface area contributed by atoms with Crippen molar-refractivity contribution in [3.63, 3.8) is 0 Å². The topological polar surface area (TPSA) is 32.3 Å². The maximum Gasteiger partial charge on any atom is 0.253 e. The monoisotopic (exact) mass is 368 g/mol. The van der Waals surface area contributed by atoms with E-state index >= 15 is 0 Å². The summed E-state index contributed by atoms with van der Waals surface area (Å²) in [6.07, 6.45) is 5.65. The average Bonchev–Trinajstić information content (AvgIpc) is 3.18. The summed E-state index contributed by atoms with van der Waals surface area (Å²) in [4.78, 5) is 15.1. The van der Waals surface area contributed by atoms with Crippen molar-refractivity contribution in [2.45, 2.75) is 50.2 Å². The standard InChI is InChI=1S/C22H24N2O.ClH/c1-24(19-12-17-7-8-18(13-19)23-17)22(25)15-6-9-21-16(11-15)10-14-4-2-3-5-20(14)21;/h2-6,9,11,17-19,23H,7-8,10,12-13H2,1H3;1H. The van der Waals surface area contributed by atoms with E-state index in [9.17, 15) is 4.79 Å². The van der Waals surface area contributed by atoms with Crippen molar-refractivity contribution in [1.82, 2.24) is 10.2 Å². The Bertz CT molecular complexity index is 838. The number of benzene rings is 2. The van der Waals surface area contributed by atoms with Crippen LogP contribution < -0.4 is 5.32 Å². The quantitative estimate of drug-likeness (QED) is 0.740. The largest absolute Gasteiger partial charge is 0.339 e. The molecular formula is C22H25ClN2O. The Morgan fingerprint density at radius 1 is 1.00 bits per heavy atom. The molecule has 1 aliphatic carbocycles. The fourth-order valence-electron chi connectivity index (χ4n) is 4.99. The van der Waals surface area contributed by atoms with Crippen molar-refractivity contribution in [2.24, 2.45) is 0 Å². The van der Waals surface area contributed by atoms with Gasteiger partial charge in [0.05, 0.1) is 0 Å². The fourth-order valence-corrected chi connectivity index (χ4v) is 4.99. The SMILES string of the molecule is CN(C(=O)c1ccc2c(c1)Cc1ccccc1-2)C1CC2CCC(C1)N2.Cl. The molecular weight excluding hydrogens is 344 g/mol. The summed E-state index contributed by atoms with van der Waals surface area (Å²) < 4.78 is 0. The molecule has 136 valence electrons. The van der Waals surface area contributed by atoms with E-state index in [0.717, 1.165) is 24.8 Å². The lowest BCUT2D eigenvalue weighted by Gasteiger charge is -2.35. The van der Waals surface area contributed by atoms with E-state index in [-0.39, 0.29) is 18.3 Å². The summed E-state index contributed by atoms with van der Waals surface area (Å²) in [5, 5.41) is 3.66. The number of halogens is 1. The fraction of sp³-hybridized carbons (Fsp3) is 0.409. The maximum atomic E-state index is 13.1. The molecule has 2 unspecified atom stereocenters. The van der Waals surface area contributed by atoms with Crippen molar-refractivity contribution in [3.8, 4) is 11.1 Å². The maximum absolute atomic E-state index is 13.1. The van der Waals surface area contributed by atoms with Gasteiger partial charge in [0, 0.05) is 30.7 Å². The zero-order valence-corrected chi connectivity index (χ0v) is 15.9. The smallest absolute Gasteiger partial charge is 0.253 e. The third-order valence-electron chi connectivity index (χ3n) is 6.36. The van der Waals surface area contributed by atoms with Gasteiger partial charge in [-0.25, -0.2) is 0 Å². The van der Waals surface area contributed by atoms with Crippen molar-refractivity contribution in [1.29, 1.82) is 0 Å². The molecule has 2 bridgehead atoms. The van der Waals surface area contributed by atoms with Crippen LogP contribution in [0.25, 0.3) is 11.1 Å². The molecule has 2 atom stereocenters. The number of piperidine rings is 1. The highest BCUT2D eigenvalue weighted by atomic mass is 35.5. The number of amides is 1. The van der Waals surface area contributed by atoms with Crippen LogP contribution in [0, 0.1) is 0 Å². The Kier molecular flexibility index (Phi) is 4.54. The number of nitrogens with zero attached hydrogens (tertiary/aromatic N) is 1. The molecule has 0 spiro atoms. The van der Waals surface area contributed by atoms with Crippen LogP contribution in [0.2, 0.25) is 0 Å². The molecule has 0 radical (unpaired) electrons. The average molecular weight is 369 g/mol. The van der Waals surface area contributed by atoms with Gasteiger partial charge < -0.3 is 10.2 Å². The van der Waals surface area contributed by atoms with Crippen LogP contribution in [0.3, 0.4) is 0 Å². The summed E-state index contributed by atoms with van der Waals surface area (Å²) in [7, 11) is 1.99. The predicted octanol–water partition coefficient (Wildman–Crippen LogP) is 4.03. The molecule has 3 nitrogen and oxygen atoms in total. The molecule has 2 saturated heterocycles. The van der Waals surface area contributed by atoms with Gasteiger partial charge in [-0.3, -0.25) is 4.79 Å². The molecule has 2 aromatic carbocycles. The Hall–Kier alpha value is -1.84. The van der Waals surface area contributed by atoms with Gasteiger partial charge in [0.2, 0.25) is 0 Å². The van der Waals surface area contributed by atoms with E-state index in [1.165, 1.54) is 35.1 Å². The Morgan fingerprint density at radius 3 is 2.46 bits per heavy atom. The van der Waals surface area contributed by atoms with Crippen molar-refractivity contribution < 1.29 is 4.79 Å². The van der Waals surface area contributed by atoms with Crippen LogP contribution in [-0.2, 0) is 6.42 Å². The van der Waals surface area contributed by atoms with Gasteiger partial charge in [0.1, 0.15) is 0 Å². The second kappa shape index (κ2) is 6.71. The van der Waals surface area contributed by atoms with E-state index < -0.39 is 0 Å². The van der Waals surface area contributed by atoms with Gasteiger partial charge in [-0.05, 0) is 66.5 Å². The third kappa shape index (κ3) is 2.83. The Morgan fingerprint density at radius 2 is 1.69 bits per heavy atom. The van der Waals surface area contributed by atoms with E-state index in [1.54, 1.807) is 0 Å². The molecule has 4 heteroatoms. The molecule has 2 aromatic rings.